The van der Waals surface area contributed by atoms with Crippen LogP contribution in [0.1, 0.15) is 5.56 Å². The van der Waals surface area contributed by atoms with Crippen LogP contribution in [0.4, 0.5) is 4.79 Å². The number of thioether (sulfide) groups is 1. The lowest BCUT2D eigenvalue weighted by Crippen LogP contribution is -2.34. The molecule has 8 heteroatoms. The van der Waals surface area contributed by atoms with E-state index in [4.69, 9.17) is 4.74 Å². The van der Waals surface area contributed by atoms with Gasteiger partial charge in [-0.3, -0.25) is 19.3 Å². The molecular formula is C14H12INO5S. The predicted molar refractivity (Wildman–Crippen MR) is 90.4 cm³/mol. The van der Waals surface area contributed by atoms with Crippen molar-refractivity contribution in [1.82, 2.24) is 4.90 Å². The number of hydrogen-bond acceptors (Lipinski definition) is 6. The predicted octanol–water partition coefficient (Wildman–Crippen LogP) is 2.51. The molecule has 116 valence electrons. The van der Waals surface area contributed by atoms with Gasteiger partial charge in [-0.05, 0) is 58.1 Å². The Kier molecular flexibility index (Phi) is 5.46. The van der Waals surface area contributed by atoms with E-state index in [0.717, 1.165) is 31.5 Å². The van der Waals surface area contributed by atoms with Gasteiger partial charge < -0.3 is 9.47 Å². The van der Waals surface area contributed by atoms with Crippen LogP contribution >= 0.6 is 34.4 Å². The minimum absolute atomic E-state index is 0.273. The molecule has 2 rings (SSSR count). The molecule has 1 fully saturated rings. The number of methoxy groups -OCH3 is 2. The first-order valence-corrected chi connectivity index (χ1v) is 8.01. The second kappa shape index (κ2) is 7.14. The average molecular weight is 433 g/mol. The number of nitrogens with zero attached hydrogens (tertiary/aromatic N) is 1. The number of benzene rings is 1. The van der Waals surface area contributed by atoms with Crippen molar-refractivity contribution < 1.29 is 23.9 Å². The number of imide groups is 1. The Morgan fingerprint density at radius 1 is 1.36 bits per heavy atom. The van der Waals surface area contributed by atoms with Crippen LogP contribution in [0.15, 0.2) is 23.1 Å². The van der Waals surface area contributed by atoms with Gasteiger partial charge in [-0.25, -0.2) is 0 Å². The van der Waals surface area contributed by atoms with Crippen molar-refractivity contribution in [3.8, 4) is 5.75 Å². The number of ether oxygens (including phenoxy) is 2. The van der Waals surface area contributed by atoms with Gasteiger partial charge in [-0.1, -0.05) is 6.07 Å². The number of hydrogen-bond donors (Lipinski definition) is 0. The van der Waals surface area contributed by atoms with E-state index in [9.17, 15) is 14.4 Å². The molecule has 1 heterocycles. The molecule has 0 atom stereocenters. The Balaban J connectivity index is 2.22. The lowest BCUT2D eigenvalue weighted by atomic mass is 10.2. The molecule has 0 aliphatic carbocycles. The Bertz CT molecular complexity index is 673. The molecule has 0 unspecified atom stereocenters. The first-order valence-electron chi connectivity index (χ1n) is 6.12. The van der Waals surface area contributed by atoms with E-state index >= 15 is 0 Å². The van der Waals surface area contributed by atoms with E-state index in [1.54, 1.807) is 25.3 Å². The largest absolute Gasteiger partial charge is 0.496 e. The Labute approximate surface area is 145 Å². The highest BCUT2D eigenvalue weighted by atomic mass is 127. The molecule has 1 aliphatic heterocycles. The van der Waals surface area contributed by atoms with E-state index in [1.807, 2.05) is 6.07 Å². The van der Waals surface area contributed by atoms with Crippen LogP contribution in [0.3, 0.4) is 0 Å². The summed E-state index contributed by atoms with van der Waals surface area (Å²) in [6, 6.07) is 5.41. The number of esters is 1. The third-order valence-corrected chi connectivity index (χ3v) is 4.61. The van der Waals surface area contributed by atoms with E-state index in [1.165, 1.54) is 7.11 Å². The molecule has 0 bridgehead atoms. The molecule has 0 spiro atoms. The molecule has 1 aliphatic rings. The monoisotopic (exact) mass is 433 g/mol. The van der Waals surface area contributed by atoms with Crippen LogP contribution in [0.5, 0.6) is 5.75 Å². The number of rotatable bonds is 4. The van der Waals surface area contributed by atoms with Crippen LogP contribution in [0.2, 0.25) is 0 Å². The van der Waals surface area contributed by atoms with Gasteiger partial charge in [-0.2, -0.15) is 0 Å². The minimum atomic E-state index is -0.637. The summed E-state index contributed by atoms with van der Waals surface area (Å²) in [5.74, 6) is -0.398. The molecule has 0 N–H and O–H groups in total. The maximum Gasteiger partial charge on any atom is 0.325 e. The van der Waals surface area contributed by atoms with Crippen molar-refractivity contribution in [3.05, 3.63) is 32.2 Å². The summed E-state index contributed by atoms with van der Waals surface area (Å²) in [6.07, 6.45) is 1.61. The zero-order valence-corrected chi connectivity index (χ0v) is 14.8. The van der Waals surface area contributed by atoms with Gasteiger partial charge in [0.15, 0.2) is 0 Å². The first-order chi connectivity index (χ1) is 10.5. The minimum Gasteiger partial charge on any atom is -0.496 e. The lowest BCUT2D eigenvalue weighted by molar-refractivity contribution is -0.143. The molecule has 1 saturated heterocycles. The van der Waals surface area contributed by atoms with E-state index in [-0.39, 0.29) is 11.4 Å². The van der Waals surface area contributed by atoms with Gasteiger partial charge in [0.05, 0.1) is 22.7 Å². The van der Waals surface area contributed by atoms with Crippen LogP contribution in [-0.2, 0) is 14.3 Å². The van der Waals surface area contributed by atoms with Gasteiger partial charge in [0, 0.05) is 0 Å². The van der Waals surface area contributed by atoms with Crippen LogP contribution in [0.25, 0.3) is 6.08 Å². The van der Waals surface area contributed by atoms with Gasteiger partial charge in [0.1, 0.15) is 12.3 Å². The summed E-state index contributed by atoms with van der Waals surface area (Å²) in [6.45, 7) is -0.376. The Morgan fingerprint density at radius 2 is 2.09 bits per heavy atom. The maximum atomic E-state index is 12.2. The average Bonchev–Trinajstić information content (AvgIpc) is 2.75. The fourth-order valence-corrected chi connectivity index (χ4v) is 3.35. The summed E-state index contributed by atoms with van der Waals surface area (Å²) in [5, 5.41) is -0.482. The highest BCUT2D eigenvalue weighted by molar-refractivity contribution is 14.1. The molecule has 1 aromatic carbocycles. The summed E-state index contributed by atoms with van der Waals surface area (Å²) in [7, 11) is 2.78. The van der Waals surface area contributed by atoms with Crippen LogP contribution in [-0.4, -0.2) is 42.8 Å². The first kappa shape index (κ1) is 16.8. The number of carbonyl (C=O) groups is 3. The summed E-state index contributed by atoms with van der Waals surface area (Å²) >= 11 is 2.92. The van der Waals surface area contributed by atoms with Gasteiger partial charge in [0.25, 0.3) is 11.1 Å². The molecule has 0 aromatic heterocycles. The van der Waals surface area contributed by atoms with Crippen molar-refractivity contribution in [2.75, 3.05) is 20.8 Å². The number of carbonyl (C=O) groups excluding carboxylic acids is 3. The van der Waals surface area contributed by atoms with Gasteiger partial charge >= 0.3 is 5.97 Å². The Hall–Kier alpha value is -1.55. The van der Waals surface area contributed by atoms with Gasteiger partial charge in [0.2, 0.25) is 0 Å². The highest BCUT2D eigenvalue weighted by Gasteiger charge is 2.36. The third-order valence-electron chi connectivity index (χ3n) is 2.86. The second-order valence-corrected chi connectivity index (χ2v) is 6.39. The van der Waals surface area contributed by atoms with Crippen molar-refractivity contribution >= 4 is 57.5 Å². The standard InChI is InChI=1S/C14H12INO5S/c1-20-10-4-3-8(5-9(10)15)6-11-13(18)16(14(19)22-11)7-12(17)21-2/h3-6H,7H2,1-2H3/b11-6-. The van der Waals surface area contributed by atoms with Crippen molar-refractivity contribution in [2.24, 2.45) is 0 Å². The van der Waals surface area contributed by atoms with Crippen LogP contribution < -0.4 is 4.74 Å². The van der Waals surface area contributed by atoms with Crippen molar-refractivity contribution in [1.29, 1.82) is 0 Å². The SMILES string of the molecule is COC(=O)CN1C(=O)S/C(=C\c2ccc(OC)c(I)c2)C1=O. The fourth-order valence-electron chi connectivity index (χ4n) is 1.75. The van der Waals surface area contributed by atoms with Crippen LogP contribution in [0, 0.1) is 3.57 Å². The molecule has 2 amide bonds. The number of amides is 2. The van der Waals surface area contributed by atoms with E-state index < -0.39 is 17.1 Å². The van der Waals surface area contributed by atoms with E-state index in [0.29, 0.717) is 0 Å². The fraction of sp³-hybridized carbons (Fsp3) is 0.214. The third kappa shape index (κ3) is 3.61. The second-order valence-electron chi connectivity index (χ2n) is 4.24. The lowest BCUT2D eigenvalue weighted by Gasteiger charge is -2.09. The summed E-state index contributed by atoms with van der Waals surface area (Å²) in [5.41, 5.74) is 0.772. The molecular weight excluding hydrogens is 421 g/mol. The van der Waals surface area contributed by atoms with Gasteiger partial charge in [-0.15, -0.1) is 0 Å². The molecule has 22 heavy (non-hydrogen) atoms. The van der Waals surface area contributed by atoms with E-state index in [2.05, 4.69) is 27.3 Å². The summed E-state index contributed by atoms with van der Waals surface area (Å²) < 4.78 is 10.5. The highest BCUT2D eigenvalue weighted by Crippen LogP contribution is 2.33. The zero-order valence-electron chi connectivity index (χ0n) is 11.8. The smallest absolute Gasteiger partial charge is 0.325 e. The molecule has 1 aromatic rings. The quantitative estimate of drug-likeness (QED) is 0.413. The summed E-state index contributed by atoms with van der Waals surface area (Å²) in [4.78, 5) is 36.3. The number of halogens is 1. The zero-order chi connectivity index (χ0) is 16.3. The Morgan fingerprint density at radius 3 is 2.68 bits per heavy atom. The molecule has 0 radical (unpaired) electrons. The molecule has 0 saturated carbocycles. The molecule has 6 nitrogen and oxygen atoms in total. The maximum absolute atomic E-state index is 12.2. The normalized spacial score (nSPS) is 16.3. The topological polar surface area (TPSA) is 72.9 Å². The van der Waals surface area contributed by atoms with Crippen molar-refractivity contribution in [2.45, 2.75) is 0 Å². The van der Waals surface area contributed by atoms with Crippen molar-refractivity contribution in [3.63, 3.8) is 0 Å².